The summed E-state index contributed by atoms with van der Waals surface area (Å²) < 4.78 is 13.5. The monoisotopic (exact) mass is 287 g/mol. The van der Waals surface area contributed by atoms with Gasteiger partial charge in [0.25, 0.3) is 0 Å². The van der Waals surface area contributed by atoms with Gasteiger partial charge in [-0.25, -0.2) is 4.39 Å². The van der Waals surface area contributed by atoms with Gasteiger partial charge in [0.15, 0.2) is 0 Å². The van der Waals surface area contributed by atoms with E-state index in [-0.39, 0.29) is 5.82 Å². The van der Waals surface area contributed by atoms with Gasteiger partial charge in [0.1, 0.15) is 5.82 Å². The second-order valence-corrected chi connectivity index (χ2v) is 7.44. The second-order valence-electron chi connectivity index (χ2n) is 7.44. The van der Waals surface area contributed by atoms with Gasteiger partial charge >= 0.3 is 0 Å². The summed E-state index contributed by atoms with van der Waals surface area (Å²) in [6.07, 6.45) is 8.24. The topological polar surface area (TPSA) is 12.0 Å². The molecule has 3 aliphatic carbocycles. The quantitative estimate of drug-likeness (QED) is 0.847. The van der Waals surface area contributed by atoms with Crippen molar-refractivity contribution in [3.8, 4) is 0 Å². The zero-order chi connectivity index (χ0) is 14.4. The lowest BCUT2D eigenvalue weighted by Gasteiger charge is -2.34. The van der Waals surface area contributed by atoms with Crippen LogP contribution in [-0.4, -0.2) is 6.04 Å². The summed E-state index contributed by atoms with van der Waals surface area (Å²) in [6.45, 7) is 2.20. The van der Waals surface area contributed by atoms with Crippen LogP contribution in [0.5, 0.6) is 0 Å². The molecule has 2 bridgehead atoms. The van der Waals surface area contributed by atoms with Crippen LogP contribution in [0.2, 0.25) is 0 Å². The highest BCUT2D eigenvalue weighted by Crippen LogP contribution is 2.58. The summed E-state index contributed by atoms with van der Waals surface area (Å²) in [5.41, 5.74) is 1.11. The Balaban J connectivity index is 1.48. The van der Waals surface area contributed by atoms with Crippen molar-refractivity contribution in [3.63, 3.8) is 0 Å². The molecule has 1 N–H and O–H groups in total. The maximum Gasteiger partial charge on any atom is 0.123 e. The molecule has 0 aliphatic heterocycles. The van der Waals surface area contributed by atoms with Crippen LogP contribution in [0.1, 0.15) is 57.1 Å². The van der Waals surface area contributed by atoms with Gasteiger partial charge in [0.05, 0.1) is 0 Å². The van der Waals surface area contributed by atoms with E-state index in [1.165, 1.54) is 38.2 Å². The van der Waals surface area contributed by atoms with Crippen LogP contribution in [0.4, 0.5) is 4.39 Å². The third kappa shape index (κ3) is 2.32. The molecule has 4 rings (SSSR count). The van der Waals surface area contributed by atoms with Crippen LogP contribution >= 0.6 is 0 Å². The molecule has 0 saturated heterocycles. The van der Waals surface area contributed by atoms with Crippen molar-refractivity contribution in [2.45, 2.75) is 57.5 Å². The molecular weight excluding hydrogens is 261 g/mol. The smallest absolute Gasteiger partial charge is 0.123 e. The number of rotatable bonds is 4. The van der Waals surface area contributed by atoms with Crippen LogP contribution in [0.25, 0.3) is 0 Å². The average Bonchev–Trinajstić information content (AvgIpc) is 3.17. The molecule has 1 nitrogen and oxygen atoms in total. The van der Waals surface area contributed by atoms with Gasteiger partial charge in [-0.3, -0.25) is 0 Å². The zero-order valence-electron chi connectivity index (χ0n) is 12.9. The van der Waals surface area contributed by atoms with Crippen LogP contribution in [0.3, 0.4) is 0 Å². The van der Waals surface area contributed by atoms with E-state index in [1.54, 1.807) is 6.07 Å². The molecule has 0 amide bonds. The first-order valence-corrected chi connectivity index (χ1v) is 8.77. The summed E-state index contributed by atoms with van der Waals surface area (Å²) in [5.74, 6) is 3.79. The van der Waals surface area contributed by atoms with Crippen LogP contribution in [0.15, 0.2) is 24.3 Å². The van der Waals surface area contributed by atoms with Crippen molar-refractivity contribution in [1.29, 1.82) is 0 Å². The molecule has 1 aromatic rings. The number of benzene rings is 1. The molecule has 21 heavy (non-hydrogen) atoms. The number of fused-ring (bicyclic) bond motifs is 5. The van der Waals surface area contributed by atoms with E-state index in [2.05, 4.69) is 18.3 Å². The third-order valence-electron chi connectivity index (χ3n) is 6.50. The number of hydrogen-bond acceptors (Lipinski definition) is 1. The molecular formula is C19H26FN. The fourth-order valence-electron chi connectivity index (χ4n) is 5.69. The second kappa shape index (κ2) is 5.39. The van der Waals surface area contributed by atoms with E-state index >= 15 is 0 Å². The van der Waals surface area contributed by atoms with Crippen molar-refractivity contribution >= 4 is 0 Å². The van der Waals surface area contributed by atoms with Crippen molar-refractivity contribution in [1.82, 2.24) is 5.32 Å². The highest BCUT2D eigenvalue weighted by atomic mass is 19.1. The number of halogens is 1. The minimum absolute atomic E-state index is 0.114. The molecule has 114 valence electrons. The minimum Gasteiger partial charge on any atom is -0.307 e. The Hall–Kier alpha value is -0.890. The summed E-state index contributed by atoms with van der Waals surface area (Å²) in [5, 5.41) is 3.89. The Morgan fingerprint density at radius 3 is 2.86 bits per heavy atom. The molecule has 3 fully saturated rings. The lowest BCUT2D eigenvalue weighted by atomic mass is 9.78. The van der Waals surface area contributed by atoms with Gasteiger partial charge in [0, 0.05) is 12.1 Å². The molecule has 2 heteroatoms. The first-order valence-electron chi connectivity index (χ1n) is 8.77. The normalized spacial score (nSPS) is 38.7. The minimum atomic E-state index is -0.114. The molecule has 3 aliphatic rings. The first-order chi connectivity index (χ1) is 10.3. The summed E-state index contributed by atoms with van der Waals surface area (Å²) in [6, 6.07) is 8.12. The molecule has 3 saturated carbocycles. The molecule has 0 radical (unpaired) electrons. The molecule has 0 spiro atoms. The van der Waals surface area contributed by atoms with Crippen LogP contribution in [0, 0.1) is 29.5 Å². The number of hydrogen-bond donors (Lipinski definition) is 1. The maximum atomic E-state index is 13.5. The largest absolute Gasteiger partial charge is 0.307 e. The van der Waals surface area contributed by atoms with E-state index in [0.29, 0.717) is 12.1 Å². The van der Waals surface area contributed by atoms with E-state index < -0.39 is 0 Å². The lowest BCUT2D eigenvalue weighted by molar-refractivity contribution is 0.196. The number of nitrogens with one attached hydrogen (secondary N) is 1. The van der Waals surface area contributed by atoms with Gasteiger partial charge in [-0.1, -0.05) is 25.5 Å². The highest BCUT2D eigenvalue weighted by molar-refractivity contribution is 5.21. The van der Waals surface area contributed by atoms with Crippen LogP contribution in [-0.2, 0) is 0 Å². The predicted molar refractivity (Wildman–Crippen MR) is 83.4 cm³/mol. The van der Waals surface area contributed by atoms with E-state index in [9.17, 15) is 4.39 Å². The van der Waals surface area contributed by atoms with Gasteiger partial charge in [-0.2, -0.15) is 0 Å². The highest BCUT2D eigenvalue weighted by Gasteiger charge is 2.53. The summed E-state index contributed by atoms with van der Waals surface area (Å²) in [4.78, 5) is 0. The predicted octanol–water partition coefficient (Wildman–Crippen LogP) is 4.69. The Morgan fingerprint density at radius 1 is 1.19 bits per heavy atom. The van der Waals surface area contributed by atoms with Gasteiger partial charge in [-0.15, -0.1) is 0 Å². The zero-order valence-corrected chi connectivity index (χ0v) is 12.9. The standard InChI is InChI=1S/C19H26FN/c1-2-18(12-5-3-6-14(20)9-12)21-19-11-13-10-17(19)16-8-4-7-15(13)16/h3,5-6,9,13,15-19,21H,2,4,7-8,10-11H2,1H3. The van der Waals surface area contributed by atoms with Crippen molar-refractivity contribution in [2.75, 3.05) is 0 Å². The molecule has 0 heterocycles. The Labute approximate surface area is 127 Å². The van der Waals surface area contributed by atoms with Crippen molar-refractivity contribution < 1.29 is 4.39 Å². The van der Waals surface area contributed by atoms with E-state index in [4.69, 9.17) is 0 Å². The first kappa shape index (κ1) is 13.8. The molecule has 6 unspecified atom stereocenters. The third-order valence-corrected chi connectivity index (χ3v) is 6.50. The van der Waals surface area contributed by atoms with Gasteiger partial charge in [0.2, 0.25) is 0 Å². The van der Waals surface area contributed by atoms with E-state index in [1.807, 2.05) is 6.07 Å². The fraction of sp³-hybridized carbons (Fsp3) is 0.684. The molecule has 1 aromatic carbocycles. The Bertz CT molecular complexity index is 514. The van der Waals surface area contributed by atoms with Crippen LogP contribution < -0.4 is 5.32 Å². The maximum absolute atomic E-state index is 13.5. The molecule has 0 aromatic heterocycles. The fourth-order valence-corrected chi connectivity index (χ4v) is 5.69. The van der Waals surface area contributed by atoms with E-state index in [0.717, 1.165) is 35.7 Å². The average molecular weight is 287 g/mol. The van der Waals surface area contributed by atoms with Crippen molar-refractivity contribution in [3.05, 3.63) is 35.6 Å². The Kier molecular flexibility index (Phi) is 3.53. The lowest BCUT2D eigenvalue weighted by Crippen LogP contribution is -2.41. The van der Waals surface area contributed by atoms with Gasteiger partial charge in [-0.05, 0) is 73.5 Å². The summed E-state index contributed by atoms with van der Waals surface area (Å²) >= 11 is 0. The summed E-state index contributed by atoms with van der Waals surface area (Å²) in [7, 11) is 0. The SMILES string of the molecule is CCC(NC1CC2CC1C1CCCC21)c1cccc(F)c1. The molecule has 6 atom stereocenters. The van der Waals surface area contributed by atoms with Gasteiger partial charge < -0.3 is 5.32 Å². The Morgan fingerprint density at radius 2 is 2.05 bits per heavy atom. The van der Waals surface area contributed by atoms with Crippen molar-refractivity contribution in [2.24, 2.45) is 23.7 Å².